The normalized spacial score (nSPS) is 21.9. The molecule has 1 saturated heterocycles. The van der Waals surface area contributed by atoms with E-state index in [0.29, 0.717) is 24.1 Å². The van der Waals surface area contributed by atoms with Crippen LogP contribution < -0.4 is 15.0 Å². The molecule has 37 heavy (non-hydrogen) atoms. The van der Waals surface area contributed by atoms with E-state index in [1.807, 2.05) is 29.3 Å². The Morgan fingerprint density at radius 3 is 2.65 bits per heavy atom. The Kier molecular flexibility index (Phi) is 5.84. The molecule has 1 amide bonds. The molecule has 0 spiro atoms. The fourth-order valence-corrected chi connectivity index (χ4v) is 7.18. The average Bonchev–Trinajstić information content (AvgIpc) is 3.04. The number of thioether (sulfide) groups is 1. The number of piperidine rings is 1. The summed E-state index contributed by atoms with van der Waals surface area (Å²) in [6.45, 7) is 4.72. The minimum absolute atomic E-state index is 0.0638. The molecule has 10 heteroatoms. The lowest BCUT2D eigenvalue weighted by Crippen LogP contribution is -2.65. The molecule has 6 nitrogen and oxygen atoms in total. The summed E-state index contributed by atoms with van der Waals surface area (Å²) in [7, 11) is 2.07. The van der Waals surface area contributed by atoms with E-state index in [1.54, 1.807) is 21.8 Å². The summed E-state index contributed by atoms with van der Waals surface area (Å²) in [5, 5.41) is 2.04. The lowest BCUT2D eigenvalue weighted by atomic mass is 9.81. The third-order valence-electron chi connectivity index (χ3n) is 7.59. The van der Waals surface area contributed by atoms with E-state index in [2.05, 4.69) is 23.3 Å². The Bertz CT molecular complexity index is 1490. The van der Waals surface area contributed by atoms with Crippen LogP contribution in [-0.4, -0.2) is 28.2 Å². The second-order valence-corrected chi connectivity index (χ2v) is 11.7. The minimum atomic E-state index is -0.887. The number of carbonyl (C=O) groups is 1. The van der Waals surface area contributed by atoms with Crippen LogP contribution in [-0.2, 0) is 5.75 Å². The first-order chi connectivity index (χ1) is 17.7. The van der Waals surface area contributed by atoms with Crippen molar-refractivity contribution >= 4 is 27.1 Å². The van der Waals surface area contributed by atoms with E-state index in [-0.39, 0.29) is 34.7 Å². The quantitative estimate of drug-likeness (QED) is 0.416. The molecular weight excluding hydrogens is 515 g/mol. The molecule has 3 atom stereocenters. The number of aromatic nitrogens is 1. The number of amides is 1. The Labute approximate surface area is 219 Å². The van der Waals surface area contributed by atoms with Gasteiger partial charge in [0.1, 0.15) is 6.17 Å². The summed E-state index contributed by atoms with van der Waals surface area (Å²) in [5.41, 5.74) is 1.45. The number of fused-ring (bicyclic) bond motifs is 4. The van der Waals surface area contributed by atoms with Crippen LogP contribution in [0.5, 0.6) is 5.75 Å². The highest BCUT2D eigenvalue weighted by molar-refractivity contribution is 7.98. The average molecular weight is 542 g/mol. The summed E-state index contributed by atoms with van der Waals surface area (Å²) in [6.07, 6.45) is 2.76. The summed E-state index contributed by atoms with van der Waals surface area (Å²) in [6, 6.07) is 11.5. The van der Waals surface area contributed by atoms with Crippen LogP contribution in [0.25, 0.3) is 0 Å². The first-order valence-electron chi connectivity index (χ1n) is 12.1. The van der Waals surface area contributed by atoms with Gasteiger partial charge < -0.3 is 9.42 Å². The van der Waals surface area contributed by atoms with E-state index in [1.165, 1.54) is 23.9 Å². The van der Waals surface area contributed by atoms with Crippen molar-refractivity contribution < 1.29 is 18.1 Å². The van der Waals surface area contributed by atoms with Gasteiger partial charge in [0.05, 0.1) is 15.5 Å². The van der Waals surface area contributed by atoms with Gasteiger partial charge in [-0.2, -0.15) is 0 Å². The fraction of sp³-hybridized carbons (Fsp3) is 0.333. The number of nitrogens with zero attached hydrogens (tertiary/aromatic N) is 3. The van der Waals surface area contributed by atoms with Crippen molar-refractivity contribution in [3.8, 4) is 5.75 Å². The van der Waals surface area contributed by atoms with Crippen LogP contribution in [0.3, 0.4) is 0 Å². The van der Waals surface area contributed by atoms with Gasteiger partial charge in [0.25, 0.3) is 5.91 Å². The van der Waals surface area contributed by atoms with Crippen molar-refractivity contribution in [2.45, 2.75) is 49.5 Å². The summed E-state index contributed by atoms with van der Waals surface area (Å²) >= 11 is 1.46. The highest BCUT2D eigenvalue weighted by atomic mass is 32.2. The number of carbonyl (C=O) groups excluding carboxylic acids is 1. The number of benzene rings is 2. The lowest BCUT2D eigenvalue weighted by molar-refractivity contribution is 0.0216. The maximum atomic E-state index is 15.2. The minimum Gasteiger partial charge on any atom is -0.474 e. The van der Waals surface area contributed by atoms with Gasteiger partial charge in [0.2, 0.25) is 11.2 Å². The molecule has 4 heterocycles. The van der Waals surface area contributed by atoms with E-state index < -0.39 is 23.1 Å². The summed E-state index contributed by atoms with van der Waals surface area (Å²) in [4.78, 5) is 29.4. The van der Waals surface area contributed by atoms with Crippen molar-refractivity contribution in [3.63, 3.8) is 0 Å². The molecule has 2 aromatic carbocycles. The molecule has 0 saturated carbocycles. The first-order valence-corrected chi connectivity index (χ1v) is 13.6. The zero-order valence-corrected chi connectivity index (χ0v) is 22.4. The molecule has 0 radical (unpaired) electrons. The molecule has 0 aliphatic carbocycles. The van der Waals surface area contributed by atoms with Crippen molar-refractivity contribution in [3.05, 3.63) is 92.9 Å². The number of rotatable bonds is 2. The second-order valence-electron chi connectivity index (χ2n) is 10.5. The van der Waals surface area contributed by atoms with Crippen LogP contribution in [0.2, 0.25) is 0 Å². The molecule has 3 aliphatic heterocycles. The van der Waals surface area contributed by atoms with Gasteiger partial charge in [-0.05, 0) is 41.5 Å². The zero-order chi connectivity index (χ0) is 26.1. The van der Waals surface area contributed by atoms with Crippen molar-refractivity contribution in [2.75, 3.05) is 11.6 Å². The predicted octanol–water partition coefficient (Wildman–Crippen LogP) is 5.23. The molecule has 1 aromatic heterocycles. The number of hydrogen-bond donors (Lipinski definition) is 0. The maximum absolute atomic E-state index is 15.2. The Hall–Kier alpha value is -2.90. The van der Waals surface area contributed by atoms with Gasteiger partial charge in [0.15, 0.2) is 17.3 Å². The van der Waals surface area contributed by atoms with Gasteiger partial charge in [-0.15, -0.1) is 11.8 Å². The predicted molar refractivity (Wildman–Crippen MR) is 141 cm³/mol. The van der Waals surface area contributed by atoms with Crippen molar-refractivity contribution in [1.29, 1.82) is 0 Å². The highest BCUT2D eigenvalue weighted by Gasteiger charge is 2.48. The van der Waals surface area contributed by atoms with Gasteiger partial charge in [-0.3, -0.25) is 19.3 Å². The Balaban J connectivity index is 1.67. The largest absolute Gasteiger partial charge is 0.474 e. The molecule has 3 aliphatic rings. The Morgan fingerprint density at radius 1 is 1.08 bits per heavy atom. The zero-order valence-electron chi connectivity index (χ0n) is 20.4. The Morgan fingerprint density at radius 2 is 1.86 bits per heavy atom. The van der Waals surface area contributed by atoms with Crippen LogP contribution in [0.15, 0.2) is 58.4 Å². The van der Waals surface area contributed by atoms with Crippen molar-refractivity contribution in [2.24, 2.45) is 5.41 Å². The van der Waals surface area contributed by atoms with E-state index >= 15 is 4.39 Å². The van der Waals surface area contributed by atoms with E-state index in [0.717, 1.165) is 16.9 Å². The monoisotopic (exact) mass is 541 g/mol. The molecular formula is C27H26F2N3O3PS. The van der Waals surface area contributed by atoms with Crippen LogP contribution >= 0.6 is 21.2 Å². The first kappa shape index (κ1) is 24.4. The van der Waals surface area contributed by atoms with Crippen LogP contribution in [0.1, 0.15) is 59.9 Å². The SMILES string of the molecule is CC1(C)CC[C@@H]2N(C1)C(=O)c1c(OP)c(=O)ccn1N2[C@@H]1c2ccccc2SCc2c1ccc(F)c2F. The number of pyridine rings is 1. The van der Waals surface area contributed by atoms with Gasteiger partial charge in [-0.25, -0.2) is 8.78 Å². The number of halogens is 2. The summed E-state index contributed by atoms with van der Waals surface area (Å²) < 4.78 is 36.7. The van der Waals surface area contributed by atoms with E-state index in [4.69, 9.17) is 4.52 Å². The number of hydrogen-bond acceptors (Lipinski definition) is 5. The molecule has 1 fully saturated rings. The van der Waals surface area contributed by atoms with Crippen LogP contribution in [0, 0.1) is 17.0 Å². The highest BCUT2D eigenvalue weighted by Crippen LogP contribution is 2.47. The topological polar surface area (TPSA) is 54.8 Å². The standard InChI is InChI=1S/C27H26F2N3O3PS/c1-27(2)11-9-21-30(14-27)26(34)24-25(35-36)19(33)10-12-31(24)32(21)23-15-7-8-18(28)22(29)17(15)13-37-20-6-4-3-5-16(20)23/h3-8,10,12,21,23H,9,11,13-14,36H2,1-2H3/t21-,23+/m1/s1. The third kappa shape index (κ3) is 3.77. The smallest absolute Gasteiger partial charge is 0.278 e. The van der Waals surface area contributed by atoms with Crippen molar-refractivity contribution in [1.82, 2.24) is 9.58 Å². The molecule has 0 bridgehead atoms. The molecule has 0 N–H and O–H groups in total. The molecule has 6 rings (SSSR count). The maximum Gasteiger partial charge on any atom is 0.278 e. The second kappa shape index (κ2) is 8.84. The van der Waals surface area contributed by atoms with Crippen LogP contribution in [0.4, 0.5) is 8.78 Å². The van der Waals surface area contributed by atoms with Gasteiger partial charge in [-0.1, -0.05) is 38.1 Å². The molecule has 1 unspecified atom stereocenters. The summed E-state index contributed by atoms with van der Waals surface area (Å²) in [5.74, 6) is -1.82. The molecule has 192 valence electrons. The van der Waals surface area contributed by atoms with E-state index in [9.17, 15) is 14.0 Å². The van der Waals surface area contributed by atoms with Gasteiger partial charge in [0, 0.05) is 35.0 Å². The molecule has 3 aromatic rings. The van der Waals surface area contributed by atoms with Gasteiger partial charge >= 0.3 is 0 Å². The lowest BCUT2D eigenvalue weighted by Gasteiger charge is -2.54. The third-order valence-corrected chi connectivity index (χ3v) is 8.94. The fourth-order valence-electron chi connectivity index (χ4n) is 5.84.